The largest absolute Gasteiger partial charge is 0.469 e. The summed E-state index contributed by atoms with van der Waals surface area (Å²) in [7, 11) is 1.33. The molecule has 1 N–H and O–H groups in total. The van der Waals surface area contributed by atoms with E-state index in [0.717, 1.165) is 35.2 Å². The molecule has 1 aliphatic rings. The van der Waals surface area contributed by atoms with Crippen LogP contribution in [0.5, 0.6) is 0 Å². The zero-order valence-electron chi connectivity index (χ0n) is 16.1. The number of aromatic nitrogens is 2. The van der Waals surface area contributed by atoms with Crippen molar-refractivity contribution < 1.29 is 14.3 Å². The number of hydrogen-bond acceptors (Lipinski definition) is 6. The third-order valence-corrected chi connectivity index (χ3v) is 4.96. The molecule has 0 radical (unpaired) electrons. The van der Waals surface area contributed by atoms with Crippen molar-refractivity contribution in [2.75, 3.05) is 25.1 Å². The molecule has 1 unspecified atom stereocenters. The first-order chi connectivity index (χ1) is 13.0. The van der Waals surface area contributed by atoms with Crippen LogP contribution < -0.4 is 10.2 Å². The van der Waals surface area contributed by atoms with Crippen molar-refractivity contribution in [3.8, 4) is 0 Å². The molecule has 7 nitrogen and oxygen atoms in total. The fourth-order valence-corrected chi connectivity index (χ4v) is 3.71. The molecule has 1 saturated heterocycles. The number of piperidine rings is 1. The number of rotatable bonds is 5. The molecule has 27 heavy (non-hydrogen) atoms. The zero-order valence-corrected chi connectivity index (χ0v) is 16.1. The lowest BCUT2D eigenvalue weighted by Gasteiger charge is -2.38. The Hall–Kier alpha value is -2.70. The number of carbonyl (C=O) groups is 2. The molecule has 2 aromatic heterocycles. The van der Waals surface area contributed by atoms with Gasteiger partial charge in [0.05, 0.1) is 36.6 Å². The highest BCUT2D eigenvalue weighted by Gasteiger charge is 2.27. The Labute approximate surface area is 159 Å². The predicted molar refractivity (Wildman–Crippen MR) is 103 cm³/mol. The third kappa shape index (κ3) is 4.53. The van der Waals surface area contributed by atoms with Crippen LogP contribution in [0.2, 0.25) is 0 Å². The number of methoxy groups -OCH3 is 1. The highest BCUT2D eigenvalue weighted by Crippen LogP contribution is 2.30. The Morgan fingerprint density at radius 1 is 1.30 bits per heavy atom. The number of fused-ring (bicyclic) bond motifs is 1. The second kappa shape index (κ2) is 8.33. The van der Waals surface area contributed by atoms with Crippen LogP contribution in [0.4, 0.5) is 5.69 Å². The number of ether oxygens (including phenoxy) is 1. The van der Waals surface area contributed by atoms with Gasteiger partial charge >= 0.3 is 5.97 Å². The van der Waals surface area contributed by atoms with E-state index in [9.17, 15) is 9.59 Å². The molecule has 3 rings (SSSR count). The number of nitrogens with zero attached hydrogens (tertiary/aromatic N) is 3. The van der Waals surface area contributed by atoms with Gasteiger partial charge in [0.15, 0.2) is 0 Å². The van der Waals surface area contributed by atoms with Gasteiger partial charge in [-0.25, -0.2) is 0 Å². The second-order valence-electron chi connectivity index (χ2n) is 7.21. The molecule has 7 heteroatoms. The van der Waals surface area contributed by atoms with Crippen molar-refractivity contribution in [2.45, 2.75) is 39.2 Å². The van der Waals surface area contributed by atoms with E-state index in [2.05, 4.69) is 37.9 Å². The normalized spacial score (nSPS) is 19.7. The van der Waals surface area contributed by atoms with Gasteiger partial charge in [-0.3, -0.25) is 19.6 Å². The third-order valence-electron chi connectivity index (χ3n) is 4.96. The van der Waals surface area contributed by atoms with Gasteiger partial charge in [0, 0.05) is 37.1 Å². The van der Waals surface area contributed by atoms with Gasteiger partial charge < -0.3 is 15.0 Å². The van der Waals surface area contributed by atoms with Crippen LogP contribution in [0.3, 0.4) is 0 Å². The standard InChI is InChI=1S/C20H26N4O3/c1-13-9-15(23-18(25)6-7-19(26)27-3)12-24(11-13)17-10-22-14(2)20-16(17)5-4-8-21-20/h4-5,8,10,13,15H,6-7,9,11-12H2,1-3H3,(H,23,25)/t13-,15?/m0/s1. The summed E-state index contributed by atoms with van der Waals surface area (Å²) in [6, 6.07) is 4.03. The average Bonchev–Trinajstić information content (AvgIpc) is 2.66. The van der Waals surface area contributed by atoms with Crippen LogP contribution in [0, 0.1) is 12.8 Å². The van der Waals surface area contributed by atoms with E-state index in [0.29, 0.717) is 12.5 Å². The minimum Gasteiger partial charge on any atom is -0.469 e. The molecular formula is C20H26N4O3. The molecule has 3 heterocycles. The van der Waals surface area contributed by atoms with E-state index in [1.807, 2.05) is 19.2 Å². The van der Waals surface area contributed by atoms with Crippen molar-refractivity contribution in [1.29, 1.82) is 0 Å². The maximum Gasteiger partial charge on any atom is 0.306 e. The van der Waals surface area contributed by atoms with Gasteiger partial charge in [0.25, 0.3) is 0 Å². The molecule has 1 fully saturated rings. The highest BCUT2D eigenvalue weighted by molar-refractivity contribution is 5.92. The minimum absolute atomic E-state index is 0.0342. The fraction of sp³-hybridized carbons (Fsp3) is 0.500. The number of pyridine rings is 2. The quantitative estimate of drug-likeness (QED) is 0.813. The molecular weight excluding hydrogens is 344 g/mol. The van der Waals surface area contributed by atoms with Crippen molar-refractivity contribution in [3.63, 3.8) is 0 Å². The van der Waals surface area contributed by atoms with Gasteiger partial charge in [-0.05, 0) is 31.4 Å². The monoisotopic (exact) mass is 370 g/mol. The SMILES string of the molecule is COC(=O)CCC(=O)NC1C[C@H](C)CN(c2cnc(C)c3ncccc23)C1. The van der Waals surface area contributed by atoms with E-state index in [1.165, 1.54) is 7.11 Å². The van der Waals surface area contributed by atoms with Gasteiger partial charge in [-0.1, -0.05) is 6.92 Å². The number of nitrogens with one attached hydrogen (secondary N) is 1. The molecule has 2 aromatic rings. The molecule has 0 aliphatic carbocycles. The number of carbonyl (C=O) groups excluding carboxylic acids is 2. The van der Waals surface area contributed by atoms with E-state index in [1.54, 1.807) is 6.20 Å². The van der Waals surface area contributed by atoms with Crippen molar-refractivity contribution in [3.05, 3.63) is 30.2 Å². The van der Waals surface area contributed by atoms with Crippen LogP contribution >= 0.6 is 0 Å². The molecule has 0 saturated carbocycles. The highest BCUT2D eigenvalue weighted by atomic mass is 16.5. The van der Waals surface area contributed by atoms with Crippen LogP contribution in [0.15, 0.2) is 24.5 Å². The first kappa shape index (κ1) is 19.1. The molecule has 2 atom stereocenters. The maximum atomic E-state index is 12.2. The topological polar surface area (TPSA) is 84.4 Å². The molecule has 0 spiro atoms. The smallest absolute Gasteiger partial charge is 0.306 e. The first-order valence-corrected chi connectivity index (χ1v) is 9.29. The van der Waals surface area contributed by atoms with Crippen LogP contribution in [0.25, 0.3) is 10.9 Å². The van der Waals surface area contributed by atoms with Crippen LogP contribution in [0.1, 0.15) is 31.9 Å². The van der Waals surface area contributed by atoms with Gasteiger partial charge in [-0.2, -0.15) is 0 Å². The summed E-state index contributed by atoms with van der Waals surface area (Å²) in [5, 5.41) is 4.14. The van der Waals surface area contributed by atoms with E-state index < -0.39 is 0 Å². The van der Waals surface area contributed by atoms with E-state index in [4.69, 9.17) is 0 Å². The lowest BCUT2D eigenvalue weighted by atomic mass is 9.95. The average molecular weight is 370 g/mol. The number of anilines is 1. The molecule has 144 valence electrons. The predicted octanol–water partition coefficient (Wildman–Crippen LogP) is 2.22. The van der Waals surface area contributed by atoms with E-state index >= 15 is 0 Å². The van der Waals surface area contributed by atoms with Crippen molar-refractivity contribution in [2.24, 2.45) is 5.92 Å². The molecule has 1 aliphatic heterocycles. The summed E-state index contributed by atoms with van der Waals surface area (Å²) in [5.41, 5.74) is 2.86. The lowest BCUT2D eigenvalue weighted by Crippen LogP contribution is -2.50. The van der Waals surface area contributed by atoms with Gasteiger partial charge in [0.1, 0.15) is 0 Å². The number of esters is 1. The van der Waals surface area contributed by atoms with Gasteiger partial charge in [-0.15, -0.1) is 0 Å². The Balaban J connectivity index is 1.73. The summed E-state index contributed by atoms with van der Waals surface area (Å²) >= 11 is 0. The molecule has 0 bridgehead atoms. The summed E-state index contributed by atoms with van der Waals surface area (Å²) in [6.07, 6.45) is 4.84. The summed E-state index contributed by atoms with van der Waals surface area (Å²) in [4.78, 5) is 34.7. The second-order valence-corrected chi connectivity index (χ2v) is 7.21. The number of hydrogen-bond donors (Lipinski definition) is 1. The van der Waals surface area contributed by atoms with Crippen molar-refractivity contribution >= 4 is 28.5 Å². The minimum atomic E-state index is -0.367. The summed E-state index contributed by atoms with van der Waals surface area (Å²) in [5.74, 6) is -0.0563. The Kier molecular flexibility index (Phi) is 5.88. The Morgan fingerprint density at radius 2 is 2.11 bits per heavy atom. The Bertz CT molecular complexity index is 839. The maximum absolute atomic E-state index is 12.2. The zero-order chi connectivity index (χ0) is 19.4. The summed E-state index contributed by atoms with van der Waals surface area (Å²) < 4.78 is 4.59. The van der Waals surface area contributed by atoms with Crippen molar-refractivity contribution in [1.82, 2.24) is 15.3 Å². The van der Waals surface area contributed by atoms with Crippen LogP contribution in [-0.2, 0) is 14.3 Å². The molecule has 1 amide bonds. The first-order valence-electron chi connectivity index (χ1n) is 9.29. The number of aryl methyl sites for hydroxylation is 1. The lowest BCUT2D eigenvalue weighted by molar-refractivity contribution is -0.142. The molecule has 0 aromatic carbocycles. The van der Waals surface area contributed by atoms with Crippen LogP contribution in [-0.4, -0.2) is 48.1 Å². The number of amides is 1. The Morgan fingerprint density at radius 3 is 2.89 bits per heavy atom. The fourth-order valence-electron chi connectivity index (χ4n) is 3.71. The van der Waals surface area contributed by atoms with Gasteiger partial charge in [0.2, 0.25) is 5.91 Å². The van der Waals surface area contributed by atoms with E-state index in [-0.39, 0.29) is 30.8 Å². The summed E-state index contributed by atoms with van der Waals surface area (Å²) in [6.45, 7) is 5.76.